The zero-order valence-corrected chi connectivity index (χ0v) is 14.6. The summed E-state index contributed by atoms with van der Waals surface area (Å²) in [5.74, 6) is 0.327. The standard InChI is InChI=1S/C18H30N2O4/c21-17(18(5-1-2-6-18)20-8-11-22-12-9-20)19-7-13-24-16(14-19)15-4-3-10-23-15/h15-16H,1-14H2/t15-,16-/m0/s1. The molecule has 24 heavy (non-hydrogen) atoms. The summed E-state index contributed by atoms with van der Waals surface area (Å²) >= 11 is 0. The van der Waals surface area contributed by atoms with Crippen LogP contribution in [0.4, 0.5) is 0 Å². The molecule has 6 heteroatoms. The first-order valence-corrected chi connectivity index (χ1v) is 9.65. The van der Waals surface area contributed by atoms with Crippen LogP contribution in [0.3, 0.4) is 0 Å². The van der Waals surface area contributed by atoms with E-state index in [0.29, 0.717) is 25.6 Å². The lowest BCUT2D eigenvalue weighted by Crippen LogP contribution is -2.63. The molecule has 0 aromatic rings. The Morgan fingerprint density at radius 3 is 2.33 bits per heavy atom. The van der Waals surface area contributed by atoms with E-state index < -0.39 is 0 Å². The van der Waals surface area contributed by atoms with Crippen LogP contribution in [-0.2, 0) is 19.0 Å². The van der Waals surface area contributed by atoms with Crippen molar-refractivity contribution in [3.8, 4) is 0 Å². The summed E-state index contributed by atoms with van der Waals surface area (Å²) in [5.41, 5.74) is -0.289. The third-order valence-electron chi connectivity index (χ3n) is 6.21. The zero-order valence-electron chi connectivity index (χ0n) is 14.6. The predicted molar refractivity (Wildman–Crippen MR) is 88.9 cm³/mol. The lowest BCUT2D eigenvalue weighted by Gasteiger charge is -2.46. The maximum atomic E-state index is 13.5. The first kappa shape index (κ1) is 16.8. The van der Waals surface area contributed by atoms with Gasteiger partial charge in [-0.15, -0.1) is 0 Å². The summed E-state index contributed by atoms with van der Waals surface area (Å²) in [6, 6.07) is 0. The molecule has 0 bridgehead atoms. The molecule has 0 radical (unpaired) electrons. The van der Waals surface area contributed by atoms with E-state index in [-0.39, 0.29) is 17.7 Å². The summed E-state index contributed by atoms with van der Waals surface area (Å²) in [5, 5.41) is 0. The van der Waals surface area contributed by atoms with Gasteiger partial charge in [-0.2, -0.15) is 0 Å². The molecular formula is C18H30N2O4. The molecule has 4 fully saturated rings. The second-order valence-corrected chi connectivity index (χ2v) is 7.55. The van der Waals surface area contributed by atoms with E-state index in [1.54, 1.807) is 0 Å². The Hall–Kier alpha value is -0.690. The molecular weight excluding hydrogens is 308 g/mol. The highest BCUT2D eigenvalue weighted by Gasteiger charge is 2.49. The number of amides is 1. The first-order chi connectivity index (χ1) is 11.8. The largest absolute Gasteiger partial charge is 0.379 e. The number of carbonyl (C=O) groups is 1. The second kappa shape index (κ2) is 7.28. The van der Waals surface area contributed by atoms with Gasteiger partial charge < -0.3 is 19.1 Å². The van der Waals surface area contributed by atoms with Gasteiger partial charge in [0.1, 0.15) is 11.6 Å². The van der Waals surface area contributed by atoms with Crippen molar-refractivity contribution in [2.24, 2.45) is 0 Å². The topological polar surface area (TPSA) is 51.2 Å². The summed E-state index contributed by atoms with van der Waals surface area (Å²) in [6.45, 7) is 6.12. The van der Waals surface area contributed by atoms with Gasteiger partial charge in [-0.05, 0) is 25.7 Å². The van der Waals surface area contributed by atoms with Gasteiger partial charge in [-0.25, -0.2) is 0 Å². The molecule has 0 aromatic carbocycles. The van der Waals surface area contributed by atoms with Crippen LogP contribution in [-0.4, -0.2) is 86.1 Å². The van der Waals surface area contributed by atoms with Gasteiger partial charge in [-0.1, -0.05) is 12.8 Å². The fourth-order valence-corrected chi connectivity index (χ4v) is 4.89. The highest BCUT2D eigenvalue weighted by atomic mass is 16.5. The first-order valence-electron chi connectivity index (χ1n) is 9.65. The molecule has 4 rings (SSSR count). The molecule has 1 aliphatic carbocycles. The third kappa shape index (κ3) is 3.09. The minimum Gasteiger partial charge on any atom is -0.379 e. The predicted octanol–water partition coefficient (Wildman–Crippen LogP) is 1.04. The number of morpholine rings is 2. The molecule has 3 saturated heterocycles. The molecule has 6 nitrogen and oxygen atoms in total. The Kier molecular flexibility index (Phi) is 5.08. The monoisotopic (exact) mass is 338 g/mol. The molecule has 0 aromatic heterocycles. The maximum absolute atomic E-state index is 13.5. The summed E-state index contributed by atoms with van der Waals surface area (Å²) in [7, 11) is 0. The molecule has 1 saturated carbocycles. The number of carbonyl (C=O) groups excluding carboxylic acids is 1. The van der Waals surface area contributed by atoms with E-state index in [1.807, 2.05) is 0 Å². The minimum absolute atomic E-state index is 0.0494. The van der Waals surface area contributed by atoms with Gasteiger partial charge in [0.25, 0.3) is 0 Å². The highest BCUT2D eigenvalue weighted by molar-refractivity contribution is 5.87. The van der Waals surface area contributed by atoms with Gasteiger partial charge in [0.05, 0.1) is 25.9 Å². The molecule has 3 heterocycles. The summed E-state index contributed by atoms with van der Waals surface area (Å²) < 4.78 is 17.2. The van der Waals surface area contributed by atoms with Gasteiger partial charge in [0.15, 0.2) is 0 Å². The number of nitrogens with zero attached hydrogens (tertiary/aromatic N) is 2. The fraction of sp³-hybridized carbons (Fsp3) is 0.944. The van der Waals surface area contributed by atoms with Crippen molar-refractivity contribution in [3.63, 3.8) is 0 Å². The van der Waals surface area contributed by atoms with Crippen molar-refractivity contribution in [2.45, 2.75) is 56.3 Å². The lowest BCUT2D eigenvalue weighted by molar-refractivity contribution is -0.159. The average molecular weight is 338 g/mol. The Morgan fingerprint density at radius 2 is 1.62 bits per heavy atom. The van der Waals surface area contributed by atoms with Crippen LogP contribution in [0, 0.1) is 0 Å². The van der Waals surface area contributed by atoms with Gasteiger partial charge in [0.2, 0.25) is 5.91 Å². The number of ether oxygens (including phenoxy) is 3. The molecule has 3 aliphatic heterocycles. The minimum atomic E-state index is -0.289. The SMILES string of the molecule is O=C(N1CCO[C@H]([C@@H]2CCCO2)C1)C1(N2CCOCC2)CCCC1. The molecule has 0 N–H and O–H groups in total. The van der Waals surface area contributed by atoms with Crippen molar-refractivity contribution in [2.75, 3.05) is 52.6 Å². The molecule has 0 unspecified atom stereocenters. The molecule has 0 spiro atoms. The molecule has 1 amide bonds. The van der Waals surface area contributed by atoms with E-state index in [9.17, 15) is 4.79 Å². The highest BCUT2D eigenvalue weighted by Crippen LogP contribution is 2.38. The van der Waals surface area contributed by atoms with Crippen LogP contribution in [0.2, 0.25) is 0 Å². The fourth-order valence-electron chi connectivity index (χ4n) is 4.89. The summed E-state index contributed by atoms with van der Waals surface area (Å²) in [4.78, 5) is 18.0. The Balaban J connectivity index is 1.47. The van der Waals surface area contributed by atoms with Gasteiger partial charge in [-0.3, -0.25) is 9.69 Å². The van der Waals surface area contributed by atoms with Crippen molar-refractivity contribution in [1.29, 1.82) is 0 Å². The lowest BCUT2D eigenvalue weighted by atomic mass is 9.91. The zero-order chi connectivity index (χ0) is 16.4. The quantitative estimate of drug-likeness (QED) is 0.770. The Labute approximate surface area is 144 Å². The number of hydrogen-bond donors (Lipinski definition) is 0. The van der Waals surface area contributed by atoms with Crippen molar-refractivity contribution in [1.82, 2.24) is 9.80 Å². The molecule has 4 aliphatic rings. The smallest absolute Gasteiger partial charge is 0.243 e. The van der Waals surface area contributed by atoms with Crippen LogP contribution in [0.1, 0.15) is 38.5 Å². The number of hydrogen-bond acceptors (Lipinski definition) is 5. The normalized spacial score (nSPS) is 34.6. The van der Waals surface area contributed by atoms with Crippen LogP contribution >= 0.6 is 0 Å². The van der Waals surface area contributed by atoms with E-state index in [1.165, 1.54) is 0 Å². The van der Waals surface area contributed by atoms with Crippen LogP contribution < -0.4 is 0 Å². The van der Waals surface area contributed by atoms with E-state index in [0.717, 1.165) is 71.4 Å². The maximum Gasteiger partial charge on any atom is 0.243 e. The van der Waals surface area contributed by atoms with Crippen LogP contribution in [0.5, 0.6) is 0 Å². The number of rotatable bonds is 3. The Bertz CT molecular complexity index is 440. The van der Waals surface area contributed by atoms with Crippen molar-refractivity contribution in [3.05, 3.63) is 0 Å². The molecule has 136 valence electrons. The van der Waals surface area contributed by atoms with E-state index in [4.69, 9.17) is 14.2 Å². The molecule has 2 atom stereocenters. The van der Waals surface area contributed by atoms with Crippen molar-refractivity contribution < 1.29 is 19.0 Å². The van der Waals surface area contributed by atoms with Gasteiger partial charge >= 0.3 is 0 Å². The van der Waals surface area contributed by atoms with E-state index >= 15 is 0 Å². The third-order valence-corrected chi connectivity index (χ3v) is 6.21. The van der Waals surface area contributed by atoms with E-state index in [2.05, 4.69) is 9.80 Å². The summed E-state index contributed by atoms with van der Waals surface area (Å²) in [6.07, 6.45) is 6.68. The second-order valence-electron chi connectivity index (χ2n) is 7.55. The van der Waals surface area contributed by atoms with Gasteiger partial charge in [0, 0.05) is 32.8 Å². The van der Waals surface area contributed by atoms with Crippen LogP contribution in [0.15, 0.2) is 0 Å². The van der Waals surface area contributed by atoms with Crippen molar-refractivity contribution >= 4 is 5.91 Å². The average Bonchev–Trinajstić information content (AvgIpc) is 3.34. The van der Waals surface area contributed by atoms with Crippen LogP contribution in [0.25, 0.3) is 0 Å². The Morgan fingerprint density at radius 1 is 0.875 bits per heavy atom.